The molecule has 0 saturated heterocycles. The number of fused-ring (bicyclic) bond motifs is 1. The van der Waals surface area contributed by atoms with Gasteiger partial charge in [-0.15, -0.1) is 0 Å². The van der Waals surface area contributed by atoms with E-state index in [0.29, 0.717) is 28.1 Å². The van der Waals surface area contributed by atoms with Crippen LogP contribution in [0.25, 0.3) is 22.2 Å². The summed E-state index contributed by atoms with van der Waals surface area (Å²) in [5.41, 5.74) is 1.78. The van der Waals surface area contributed by atoms with Crippen LogP contribution in [0.15, 0.2) is 42.5 Å². The summed E-state index contributed by atoms with van der Waals surface area (Å²) in [4.78, 5) is 14.3. The minimum atomic E-state index is -0.389. The number of rotatable bonds is 4. The minimum absolute atomic E-state index is 0.0124. The van der Waals surface area contributed by atoms with Gasteiger partial charge in [0.15, 0.2) is 0 Å². The lowest BCUT2D eigenvalue weighted by Crippen LogP contribution is -1.90. The molecule has 3 rings (SSSR count). The molecule has 0 aliphatic rings. The van der Waals surface area contributed by atoms with Crippen LogP contribution in [0.2, 0.25) is 0 Å². The van der Waals surface area contributed by atoms with Crippen molar-refractivity contribution in [3.8, 4) is 22.8 Å². The maximum absolute atomic E-state index is 11.6. The molecule has 22 heavy (non-hydrogen) atoms. The molecule has 0 bridgehead atoms. The summed E-state index contributed by atoms with van der Waals surface area (Å²) in [7, 11) is 3.03. The molecule has 0 radical (unpaired) electrons. The van der Waals surface area contributed by atoms with Gasteiger partial charge >= 0.3 is 5.69 Å². The van der Waals surface area contributed by atoms with E-state index in [9.17, 15) is 10.1 Å². The Labute approximate surface area is 126 Å². The van der Waals surface area contributed by atoms with Gasteiger partial charge in [-0.1, -0.05) is 30.3 Å². The number of aromatic nitrogens is 1. The van der Waals surface area contributed by atoms with E-state index in [1.165, 1.54) is 14.2 Å². The first-order valence-corrected chi connectivity index (χ1v) is 6.63. The summed E-state index contributed by atoms with van der Waals surface area (Å²) in [5.74, 6) is 1.01. The molecule has 0 amide bonds. The second-order valence-electron chi connectivity index (χ2n) is 4.72. The van der Waals surface area contributed by atoms with Crippen molar-refractivity contribution in [3.05, 3.63) is 52.6 Å². The number of ether oxygens (including phenoxy) is 2. The van der Waals surface area contributed by atoms with Crippen LogP contribution in [0.4, 0.5) is 5.69 Å². The smallest absolute Gasteiger partial charge is 0.302 e. The predicted octanol–water partition coefficient (Wildman–Crippen LogP) is 3.76. The summed E-state index contributed by atoms with van der Waals surface area (Å²) >= 11 is 0. The summed E-state index contributed by atoms with van der Waals surface area (Å²) in [6.07, 6.45) is 0. The number of nitrogens with zero attached hydrogens (tertiary/aromatic N) is 1. The molecule has 0 aliphatic carbocycles. The van der Waals surface area contributed by atoms with Crippen molar-refractivity contribution in [2.45, 2.75) is 0 Å². The maximum atomic E-state index is 11.6. The molecular formula is C16H14N2O4. The van der Waals surface area contributed by atoms with Gasteiger partial charge in [-0.2, -0.15) is 0 Å². The Kier molecular flexibility index (Phi) is 3.42. The zero-order valence-corrected chi connectivity index (χ0v) is 12.1. The average Bonchev–Trinajstić information content (AvgIpc) is 2.94. The van der Waals surface area contributed by atoms with E-state index in [0.717, 1.165) is 5.56 Å². The van der Waals surface area contributed by atoms with Gasteiger partial charge in [-0.25, -0.2) is 0 Å². The van der Waals surface area contributed by atoms with Gasteiger partial charge in [-0.05, 0) is 6.07 Å². The molecule has 1 heterocycles. The molecule has 3 aromatic rings. The molecule has 0 atom stereocenters. The first kappa shape index (κ1) is 13.9. The highest BCUT2D eigenvalue weighted by Gasteiger charge is 2.25. The van der Waals surface area contributed by atoms with Crippen molar-refractivity contribution in [1.82, 2.24) is 4.98 Å². The Hall–Kier alpha value is -3.02. The predicted molar refractivity (Wildman–Crippen MR) is 83.5 cm³/mol. The van der Waals surface area contributed by atoms with Gasteiger partial charge < -0.3 is 14.5 Å². The SMILES string of the molecule is COc1cc(OC)c2[nH]c(-c3ccccc3)c([N+](=O)[O-])c2c1. The summed E-state index contributed by atoms with van der Waals surface area (Å²) < 4.78 is 10.5. The minimum Gasteiger partial charge on any atom is -0.497 e. The number of aromatic amines is 1. The Bertz CT molecular complexity index is 840. The van der Waals surface area contributed by atoms with E-state index < -0.39 is 0 Å². The fraction of sp³-hybridized carbons (Fsp3) is 0.125. The van der Waals surface area contributed by atoms with Crippen LogP contribution in [0, 0.1) is 10.1 Å². The van der Waals surface area contributed by atoms with E-state index >= 15 is 0 Å². The van der Waals surface area contributed by atoms with E-state index in [1.54, 1.807) is 12.1 Å². The van der Waals surface area contributed by atoms with Crippen LogP contribution >= 0.6 is 0 Å². The van der Waals surface area contributed by atoms with Gasteiger partial charge in [0.25, 0.3) is 0 Å². The Balaban J connectivity index is 2.39. The Morgan fingerprint density at radius 2 is 1.82 bits per heavy atom. The molecule has 0 spiro atoms. The Morgan fingerprint density at radius 3 is 2.41 bits per heavy atom. The standard InChI is InChI=1S/C16H14N2O4/c1-21-11-8-12-15(13(9-11)22-2)17-14(16(12)18(19)20)10-6-4-3-5-7-10/h3-9,17H,1-2H3. The number of nitrogens with one attached hydrogen (secondary N) is 1. The molecular weight excluding hydrogens is 284 g/mol. The van der Waals surface area contributed by atoms with Crippen molar-refractivity contribution in [1.29, 1.82) is 0 Å². The summed E-state index contributed by atoms with van der Waals surface area (Å²) in [6, 6.07) is 12.5. The van der Waals surface area contributed by atoms with Gasteiger partial charge in [0.2, 0.25) is 0 Å². The number of hydrogen-bond donors (Lipinski definition) is 1. The van der Waals surface area contributed by atoms with Crippen LogP contribution < -0.4 is 9.47 Å². The van der Waals surface area contributed by atoms with Gasteiger partial charge in [0, 0.05) is 11.6 Å². The van der Waals surface area contributed by atoms with E-state index in [2.05, 4.69) is 4.98 Å². The average molecular weight is 298 g/mol. The largest absolute Gasteiger partial charge is 0.497 e. The zero-order valence-electron chi connectivity index (χ0n) is 12.1. The second kappa shape index (κ2) is 5.40. The second-order valence-corrected chi connectivity index (χ2v) is 4.72. The summed E-state index contributed by atoms with van der Waals surface area (Å²) in [5, 5.41) is 12.0. The molecule has 0 fully saturated rings. The van der Waals surface area contributed by atoms with Crippen LogP contribution in [0.3, 0.4) is 0 Å². The quantitative estimate of drug-likeness (QED) is 0.587. The normalized spacial score (nSPS) is 10.6. The fourth-order valence-electron chi connectivity index (χ4n) is 2.51. The third-order valence-electron chi connectivity index (χ3n) is 3.52. The number of methoxy groups -OCH3 is 2. The summed E-state index contributed by atoms with van der Waals surface area (Å²) in [6.45, 7) is 0. The zero-order chi connectivity index (χ0) is 15.7. The van der Waals surface area contributed by atoms with Crippen LogP contribution in [0.1, 0.15) is 0 Å². The molecule has 1 aromatic heterocycles. The molecule has 0 unspecified atom stereocenters. The lowest BCUT2D eigenvalue weighted by molar-refractivity contribution is -0.382. The van der Waals surface area contributed by atoms with Crippen molar-refractivity contribution in [3.63, 3.8) is 0 Å². The third-order valence-corrected chi connectivity index (χ3v) is 3.52. The van der Waals surface area contributed by atoms with Crippen LogP contribution in [0.5, 0.6) is 11.5 Å². The van der Waals surface area contributed by atoms with Crippen molar-refractivity contribution >= 4 is 16.6 Å². The highest BCUT2D eigenvalue weighted by atomic mass is 16.6. The lowest BCUT2D eigenvalue weighted by Gasteiger charge is -2.04. The lowest BCUT2D eigenvalue weighted by atomic mass is 10.1. The first-order chi connectivity index (χ1) is 10.7. The van der Waals surface area contributed by atoms with E-state index in [4.69, 9.17) is 9.47 Å². The van der Waals surface area contributed by atoms with Crippen molar-refractivity contribution in [2.24, 2.45) is 0 Å². The van der Waals surface area contributed by atoms with E-state index in [-0.39, 0.29) is 10.6 Å². The molecule has 0 saturated carbocycles. The molecule has 6 nitrogen and oxygen atoms in total. The van der Waals surface area contributed by atoms with Crippen LogP contribution in [-0.2, 0) is 0 Å². The topological polar surface area (TPSA) is 77.4 Å². The van der Waals surface area contributed by atoms with Gasteiger partial charge in [0.05, 0.1) is 30.0 Å². The van der Waals surface area contributed by atoms with Crippen molar-refractivity contribution in [2.75, 3.05) is 14.2 Å². The fourth-order valence-corrected chi connectivity index (χ4v) is 2.51. The van der Waals surface area contributed by atoms with E-state index in [1.807, 2.05) is 30.3 Å². The number of nitro groups is 1. The number of H-pyrrole nitrogens is 1. The monoisotopic (exact) mass is 298 g/mol. The van der Waals surface area contributed by atoms with Crippen LogP contribution in [-0.4, -0.2) is 24.1 Å². The highest BCUT2D eigenvalue weighted by molar-refractivity contribution is 6.01. The number of benzene rings is 2. The molecule has 112 valence electrons. The highest BCUT2D eigenvalue weighted by Crippen LogP contribution is 2.42. The third kappa shape index (κ3) is 2.14. The molecule has 1 N–H and O–H groups in total. The van der Waals surface area contributed by atoms with Crippen molar-refractivity contribution < 1.29 is 14.4 Å². The Morgan fingerprint density at radius 1 is 1.09 bits per heavy atom. The molecule has 2 aromatic carbocycles. The van der Waals surface area contributed by atoms with Gasteiger partial charge in [0.1, 0.15) is 17.2 Å². The van der Waals surface area contributed by atoms with Gasteiger partial charge in [-0.3, -0.25) is 10.1 Å². The number of hydrogen-bond acceptors (Lipinski definition) is 4. The first-order valence-electron chi connectivity index (χ1n) is 6.63. The maximum Gasteiger partial charge on any atom is 0.302 e. The molecule has 0 aliphatic heterocycles. The molecule has 6 heteroatoms.